The maximum atomic E-state index is 9.70. The summed E-state index contributed by atoms with van der Waals surface area (Å²) < 4.78 is 5.16. The van der Waals surface area contributed by atoms with Crippen molar-refractivity contribution in [3.63, 3.8) is 0 Å². The Hall–Kier alpha value is -1.06. The van der Waals surface area contributed by atoms with Gasteiger partial charge in [-0.05, 0) is 44.4 Å². The van der Waals surface area contributed by atoms with E-state index in [1.165, 1.54) is 5.56 Å². The van der Waals surface area contributed by atoms with Crippen molar-refractivity contribution in [2.45, 2.75) is 39.8 Å². The molecule has 3 nitrogen and oxygen atoms in total. The van der Waals surface area contributed by atoms with Crippen molar-refractivity contribution in [1.29, 1.82) is 0 Å². The Labute approximate surface area is 104 Å². The van der Waals surface area contributed by atoms with Gasteiger partial charge in [0.05, 0.1) is 6.61 Å². The summed E-state index contributed by atoms with van der Waals surface area (Å²) in [5.74, 6) is 0.393. The summed E-state index contributed by atoms with van der Waals surface area (Å²) in [6.07, 6.45) is 0. The van der Waals surface area contributed by atoms with Gasteiger partial charge in [0.15, 0.2) is 0 Å². The van der Waals surface area contributed by atoms with Crippen molar-refractivity contribution in [3.8, 4) is 5.75 Å². The minimum Gasteiger partial charge on any atom is -0.507 e. The highest BCUT2D eigenvalue weighted by atomic mass is 16.5. The first kappa shape index (κ1) is 14.0. The van der Waals surface area contributed by atoms with E-state index in [1.807, 2.05) is 26.0 Å². The van der Waals surface area contributed by atoms with Gasteiger partial charge in [0, 0.05) is 19.2 Å². The van der Waals surface area contributed by atoms with Gasteiger partial charge in [-0.25, -0.2) is 0 Å². The summed E-state index contributed by atoms with van der Waals surface area (Å²) in [6, 6.07) is 4.02. The van der Waals surface area contributed by atoms with Gasteiger partial charge in [0.25, 0.3) is 0 Å². The lowest BCUT2D eigenvalue weighted by atomic mass is 10.0. The minimum absolute atomic E-state index is 0.0472. The summed E-state index contributed by atoms with van der Waals surface area (Å²) >= 11 is 0. The topological polar surface area (TPSA) is 41.5 Å². The summed E-state index contributed by atoms with van der Waals surface area (Å²) in [5, 5.41) is 13.1. The summed E-state index contributed by atoms with van der Waals surface area (Å²) in [5.41, 5.74) is 2.98. The van der Waals surface area contributed by atoms with Crippen LogP contribution >= 0.6 is 0 Å². The molecule has 0 spiro atoms. The predicted molar refractivity (Wildman–Crippen MR) is 70.4 cm³/mol. The Morgan fingerprint density at radius 3 is 2.24 bits per heavy atom. The molecule has 0 unspecified atom stereocenters. The van der Waals surface area contributed by atoms with E-state index in [0.29, 0.717) is 12.4 Å². The molecule has 0 heterocycles. The van der Waals surface area contributed by atoms with Gasteiger partial charge in [-0.1, -0.05) is 12.1 Å². The zero-order valence-corrected chi connectivity index (χ0v) is 11.4. The highest BCUT2D eigenvalue weighted by Crippen LogP contribution is 2.23. The lowest BCUT2D eigenvalue weighted by Crippen LogP contribution is -2.42. The molecule has 0 aromatic heterocycles. The molecular weight excluding hydrogens is 214 g/mol. The normalized spacial score (nSPS) is 11.8. The zero-order valence-electron chi connectivity index (χ0n) is 11.4. The quantitative estimate of drug-likeness (QED) is 0.827. The van der Waals surface area contributed by atoms with Gasteiger partial charge in [-0.3, -0.25) is 0 Å². The maximum absolute atomic E-state index is 9.70. The standard InChI is InChI=1S/C14H23NO2/c1-10-6-12(7-11(2)13(10)16)8-15-14(3,4)9-17-5/h6-7,15-16H,8-9H2,1-5H3. The Morgan fingerprint density at radius 1 is 1.24 bits per heavy atom. The molecule has 1 aromatic carbocycles. The molecule has 0 bridgehead atoms. The van der Waals surface area contributed by atoms with Crippen molar-refractivity contribution >= 4 is 0 Å². The Kier molecular flexibility index (Phi) is 4.54. The third-order valence-electron chi connectivity index (χ3n) is 2.83. The second-order valence-corrected chi connectivity index (χ2v) is 5.25. The molecule has 1 aromatic rings. The van der Waals surface area contributed by atoms with E-state index in [1.54, 1.807) is 7.11 Å². The largest absolute Gasteiger partial charge is 0.507 e. The van der Waals surface area contributed by atoms with Crippen LogP contribution < -0.4 is 5.32 Å². The predicted octanol–water partition coefficient (Wildman–Crippen LogP) is 2.52. The van der Waals surface area contributed by atoms with Gasteiger partial charge in [0.2, 0.25) is 0 Å². The number of hydrogen-bond acceptors (Lipinski definition) is 3. The van der Waals surface area contributed by atoms with E-state index in [-0.39, 0.29) is 5.54 Å². The van der Waals surface area contributed by atoms with Crippen molar-refractivity contribution in [2.75, 3.05) is 13.7 Å². The van der Waals surface area contributed by atoms with E-state index in [2.05, 4.69) is 19.2 Å². The van der Waals surface area contributed by atoms with Crippen LogP contribution in [0.25, 0.3) is 0 Å². The molecule has 0 aliphatic rings. The van der Waals surface area contributed by atoms with Gasteiger partial charge in [0.1, 0.15) is 5.75 Å². The summed E-state index contributed by atoms with van der Waals surface area (Å²) in [4.78, 5) is 0. The SMILES string of the molecule is COCC(C)(C)NCc1cc(C)c(O)c(C)c1. The Morgan fingerprint density at radius 2 is 1.76 bits per heavy atom. The van der Waals surface area contributed by atoms with Crippen LogP contribution in [0.2, 0.25) is 0 Å². The fourth-order valence-electron chi connectivity index (χ4n) is 1.90. The molecule has 0 atom stereocenters. The second kappa shape index (κ2) is 5.52. The average molecular weight is 237 g/mol. The number of ether oxygens (including phenoxy) is 1. The number of rotatable bonds is 5. The van der Waals surface area contributed by atoms with Crippen molar-refractivity contribution in [1.82, 2.24) is 5.32 Å². The molecule has 0 saturated heterocycles. The van der Waals surface area contributed by atoms with E-state index < -0.39 is 0 Å². The third kappa shape index (κ3) is 4.02. The van der Waals surface area contributed by atoms with E-state index in [4.69, 9.17) is 4.74 Å². The fraction of sp³-hybridized carbons (Fsp3) is 0.571. The highest BCUT2D eigenvalue weighted by Gasteiger charge is 2.16. The van der Waals surface area contributed by atoms with Crippen molar-refractivity contribution in [2.24, 2.45) is 0 Å². The molecule has 0 aliphatic carbocycles. The first-order valence-electron chi connectivity index (χ1n) is 5.89. The molecule has 0 radical (unpaired) electrons. The van der Waals surface area contributed by atoms with Crippen molar-refractivity contribution in [3.05, 3.63) is 28.8 Å². The molecule has 0 fully saturated rings. The Bertz CT molecular complexity index is 363. The molecular formula is C14H23NO2. The first-order valence-corrected chi connectivity index (χ1v) is 5.89. The van der Waals surface area contributed by atoms with Crippen LogP contribution in [0.3, 0.4) is 0 Å². The lowest BCUT2D eigenvalue weighted by molar-refractivity contribution is 0.127. The molecule has 0 aliphatic heterocycles. The van der Waals surface area contributed by atoms with Crippen LogP contribution in [0.5, 0.6) is 5.75 Å². The van der Waals surface area contributed by atoms with Crippen LogP contribution in [0.15, 0.2) is 12.1 Å². The zero-order chi connectivity index (χ0) is 13.1. The minimum atomic E-state index is -0.0472. The van der Waals surface area contributed by atoms with Gasteiger partial charge in [-0.15, -0.1) is 0 Å². The number of aromatic hydroxyl groups is 1. The smallest absolute Gasteiger partial charge is 0.121 e. The van der Waals surface area contributed by atoms with Gasteiger partial charge < -0.3 is 15.2 Å². The third-order valence-corrected chi connectivity index (χ3v) is 2.83. The van der Waals surface area contributed by atoms with E-state index >= 15 is 0 Å². The monoisotopic (exact) mass is 237 g/mol. The van der Waals surface area contributed by atoms with Crippen LogP contribution in [0, 0.1) is 13.8 Å². The van der Waals surface area contributed by atoms with Crippen LogP contribution in [0.4, 0.5) is 0 Å². The van der Waals surface area contributed by atoms with E-state index in [0.717, 1.165) is 17.7 Å². The second-order valence-electron chi connectivity index (χ2n) is 5.25. The number of phenolic OH excluding ortho intramolecular Hbond substituents is 1. The highest BCUT2D eigenvalue weighted by molar-refractivity contribution is 5.42. The molecule has 2 N–H and O–H groups in total. The first-order chi connectivity index (χ1) is 7.85. The summed E-state index contributed by atoms with van der Waals surface area (Å²) in [6.45, 7) is 9.51. The number of methoxy groups -OCH3 is 1. The molecule has 0 amide bonds. The number of phenols is 1. The number of hydrogen-bond donors (Lipinski definition) is 2. The van der Waals surface area contributed by atoms with Crippen molar-refractivity contribution < 1.29 is 9.84 Å². The van der Waals surface area contributed by atoms with Gasteiger partial charge in [-0.2, -0.15) is 0 Å². The molecule has 96 valence electrons. The molecule has 17 heavy (non-hydrogen) atoms. The van der Waals surface area contributed by atoms with Gasteiger partial charge >= 0.3 is 0 Å². The number of benzene rings is 1. The fourth-order valence-corrected chi connectivity index (χ4v) is 1.90. The van der Waals surface area contributed by atoms with E-state index in [9.17, 15) is 5.11 Å². The average Bonchev–Trinajstić information content (AvgIpc) is 2.23. The number of nitrogens with one attached hydrogen (secondary N) is 1. The maximum Gasteiger partial charge on any atom is 0.121 e. The number of aryl methyl sites for hydroxylation is 2. The molecule has 3 heteroatoms. The Balaban J connectivity index is 2.70. The van der Waals surface area contributed by atoms with Crippen LogP contribution in [0.1, 0.15) is 30.5 Å². The lowest BCUT2D eigenvalue weighted by Gasteiger charge is -2.25. The summed E-state index contributed by atoms with van der Waals surface area (Å²) in [7, 11) is 1.71. The van der Waals surface area contributed by atoms with Crippen LogP contribution in [-0.4, -0.2) is 24.4 Å². The van der Waals surface area contributed by atoms with Crippen LogP contribution in [-0.2, 0) is 11.3 Å². The molecule has 1 rings (SSSR count). The molecule has 0 saturated carbocycles.